The molecule has 1 saturated heterocycles. The predicted molar refractivity (Wildman–Crippen MR) is 88.6 cm³/mol. The summed E-state index contributed by atoms with van der Waals surface area (Å²) in [6.07, 6.45) is 4.09. The molecule has 118 valence electrons. The van der Waals surface area contributed by atoms with Crippen LogP contribution < -0.4 is 5.32 Å². The van der Waals surface area contributed by atoms with Crippen molar-refractivity contribution in [1.29, 1.82) is 0 Å². The van der Waals surface area contributed by atoms with Crippen molar-refractivity contribution < 1.29 is 4.74 Å². The molecule has 1 aliphatic rings. The van der Waals surface area contributed by atoms with Crippen LogP contribution in [0.5, 0.6) is 0 Å². The Balaban J connectivity index is 1.84. The van der Waals surface area contributed by atoms with Crippen molar-refractivity contribution in [3.05, 3.63) is 35.9 Å². The van der Waals surface area contributed by atoms with Gasteiger partial charge in [0.1, 0.15) is 0 Å². The van der Waals surface area contributed by atoms with Gasteiger partial charge < -0.3 is 15.0 Å². The number of likely N-dealkylation sites (tertiary alicyclic amines) is 1. The molecule has 0 spiro atoms. The lowest BCUT2D eigenvalue weighted by Gasteiger charge is -2.33. The lowest BCUT2D eigenvalue weighted by molar-refractivity contribution is 0.00505. The quantitative estimate of drug-likeness (QED) is 0.795. The summed E-state index contributed by atoms with van der Waals surface area (Å²) in [5.41, 5.74) is 1.40. The third-order valence-electron chi connectivity index (χ3n) is 4.25. The van der Waals surface area contributed by atoms with Crippen molar-refractivity contribution in [2.45, 2.75) is 45.3 Å². The highest BCUT2D eigenvalue weighted by molar-refractivity contribution is 5.18. The number of hydrogen-bond acceptors (Lipinski definition) is 3. The van der Waals surface area contributed by atoms with Crippen LogP contribution in [0.25, 0.3) is 0 Å². The van der Waals surface area contributed by atoms with Gasteiger partial charge in [-0.1, -0.05) is 37.3 Å². The molecule has 0 aliphatic carbocycles. The highest BCUT2D eigenvalue weighted by atomic mass is 16.5. The third-order valence-corrected chi connectivity index (χ3v) is 4.25. The minimum absolute atomic E-state index is 0.443. The summed E-state index contributed by atoms with van der Waals surface area (Å²) in [5, 5.41) is 3.62. The first-order chi connectivity index (χ1) is 10.3. The van der Waals surface area contributed by atoms with Gasteiger partial charge in [0, 0.05) is 25.7 Å². The first-order valence-electron chi connectivity index (χ1n) is 8.45. The van der Waals surface area contributed by atoms with E-state index in [9.17, 15) is 0 Å². The van der Waals surface area contributed by atoms with Crippen molar-refractivity contribution in [1.82, 2.24) is 10.2 Å². The van der Waals surface area contributed by atoms with Gasteiger partial charge in [-0.05, 0) is 44.8 Å². The second kappa shape index (κ2) is 9.19. The van der Waals surface area contributed by atoms with Crippen molar-refractivity contribution in [3.8, 4) is 0 Å². The Morgan fingerprint density at radius 1 is 1.29 bits per heavy atom. The zero-order valence-corrected chi connectivity index (χ0v) is 13.6. The molecule has 21 heavy (non-hydrogen) atoms. The fourth-order valence-corrected chi connectivity index (χ4v) is 3.22. The Morgan fingerprint density at radius 3 is 2.81 bits per heavy atom. The summed E-state index contributed by atoms with van der Waals surface area (Å²) in [6, 6.07) is 11.3. The first kappa shape index (κ1) is 16.5. The van der Waals surface area contributed by atoms with Crippen LogP contribution in [-0.4, -0.2) is 43.8 Å². The maximum atomic E-state index is 5.79. The van der Waals surface area contributed by atoms with Crippen molar-refractivity contribution in [2.24, 2.45) is 0 Å². The molecule has 3 nitrogen and oxygen atoms in total. The van der Waals surface area contributed by atoms with E-state index in [1.807, 2.05) is 0 Å². The molecule has 3 heteroatoms. The molecule has 1 N–H and O–H groups in total. The number of nitrogens with zero attached hydrogens (tertiary/aromatic N) is 1. The summed E-state index contributed by atoms with van der Waals surface area (Å²) < 4.78 is 5.79. The van der Waals surface area contributed by atoms with Gasteiger partial charge in [-0.2, -0.15) is 0 Å². The topological polar surface area (TPSA) is 24.5 Å². The fraction of sp³-hybridized carbons (Fsp3) is 0.667. The highest BCUT2D eigenvalue weighted by Crippen LogP contribution is 2.19. The average molecular weight is 290 g/mol. The van der Waals surface area contributed by atoms with Gasteiger partial charge in [0.25, 0.3) is 0 Å². The Hall–Kier alpha value is -0.900. The molecule has 0 saturated carbocycles. The van der Waals surface area contributed by atoms with Crippen LogP contribution in [0, 0.1) is 0 Å². The van der Waals surface area contributed by atoms with Gasteiger partial charge >= 0.3 is 0 Å². The van der Waals surface area contributed by atoms with Crippen LogP contribution in [0.4, 0.5) is 0 Å². The molecular weight excluding hydrogens is 260 g/mol. The predicted octanol–water partition coefficient (Wildman–Crippen LogP) is 3.23. The molecule has 1 heterocycles. The summed E-state index contributed by atoms with van der Waals surface area (Å²) >= 11 is 0. The minimum atomic E-state index is 0.443. The molecule has 0 aromatic heterocycles. The average Bonchev–Trinajstić information content (AvgIpc) is 2.53. The molecule has 2 atom stereocenters. The van der Waals surface area contributed by atoms with Gasteiger partial charge in [0.2, 0.25) is 0 Å². The van der Waals surface area contributed by atoms with Gasteiger partial charge in [-0.3, -0.25) is 0 Å². The van der Waals surface area contributed by atoms with E-state index in [1.54, 1.807) is 0 Å². The Bertz CT molecular complexity index is 380. The standard InChI is InChI=1S/C18H30N2O/c1-3-19-18(16-9-6-5-7-10-16)12-14-20-13-8-11-17(15-20)21-4-2/h5-7,9-10,17-19H,3-4,8,11-15H2,1-2H3. The third kappa shape index (κ3) is 5.42. The number of ether oxygens (including phenoxy) is 1. The van der Waals surface area contributed by atoms with E-state index in [0.29, 0.717) is 12.1 Å². The van der Waals surface area contributed by atoms with Gasteiger partial charge in [-0.15, -0.1) is 0 Å². The maximum absolute atomic E-state index is 5.79. The Morgan fingerprint density at radius 2 is 2.10 bits per heavy atom. The SMILES string of the molecule is CCNC(CCN1CCCC(OCC)C1)c1ccccc1. The fourth-order valence-electron chi connectivity index (χ4n) is 3.22. The van der Waals surface area contributed by atoms with Crippen LogP contribution >= 0.6 is 0 Å². The summed E-state index contributed by atoms with van der Waals surface area (Å²) in [4.78, 5) is 2.57. The van der Waals surface area contributed by atoms with E-state index >= 15 is 0 Å². The van der Waals surface area contributed by atoms with Crippen molar-refractivity contribution >= 4 is 0 Å². The Kier molecular flexibility index (Phi) is 7.20. The lowest BCUT2D eigenvalue weighted by Crippen LogP contribution is -2.41. The molecule has 2 unspecified atom stereocenters. The molecule has 0 bridgehead atoms. The first-order valence-corrected chi connectivity index (χ1v) is 8.45. The van der Waals surface area contributed by atoms with Crippen molar-refractivity contribution in [2.75, 3.05) is 32.8 Å². The zero-order chi connectivity index (χ0) is 14.9. The molecule has 1 aromatic rings. The highest BCUT2D eigenvalue weighted by Gasteiger charge is 2.20. The molecule has 0 radical (unpaired) electrons. The largest absolute Gasteiger partial charge is 0.377 e. The number of piperidine rings is 1. The molecule has 1 aliphatic heterocycles. The van der Waals surface area contributed by atoms with Crippen LogP contribution in [0.15, 0.2) is 30.3 Å². The number of hydrogen-bond donors (Lipinski definition) is 1. The summed E-state index contributed by atoms with van der Waals surface area (Å²) in [7, 11) is 0. The van der Waals surface area contributed by atoms with Gasteiger partial charge in [0.05, 0.1) is 6.10 Å². The van der Waals surface area contributed by atoms with E-state index < -0.39 is 0 Å². The minimum Gasteiger partial charge on any atom is -0.377 e. The molecule has 2 rings (SSSR count). The normalized spacial score (nSPS) is 21.3. The van der Waals surface area contributed by atoms with Gasteiger partial charge in [0.15, 0.2) is 0 Å². The second-order valence-corrected chi connectivity index (χ2v) is 5.83. The zero-order valence-electron chi connectivity index (χ0n) is 13.6. The van der Waals surface area contributed by atoms with Gasteiger partial charge in [-0.25, -0.2) is 0 Å². The van der Waals surface area contributed by atoms with Crippen LogP contribution in [0.3, 0.4) is 0 Å². The summed E-state index contributed by atoms with van der Waals surface area (Å²) in [6.45, 7) is 9.59. The Labute approximate surface area is 129 Å². The van der Waals surface area contributed by atoms with E-state index in [4.69, 9.17) is 4.74 Å². The van der Waals surface area contributed by atoms with E-state index in [2.05, 4.69) is 54.4 Å². The molecule has 0 amide bonds. The van der Waals surface area contributed by atoms with E-state index in [0.717, 1.165) is 32.7 Å². The second-order valence-electron chi connectivity index (χ2n) is 5.83. The maximum Gasteiger partial charge on any atom is 0.0702 e. The van der Waals surface area contributed by atoms with Crippen LogP contribution in [0.1, 0.15) is 44.7 Å². The van der Waals surface area contributed by atoms with Crippen LogP contribution in [-0.2, 0) is 4.74 Å². The molecule has 1 aromatic carbocycles. The monoisotopic (exact) mass is 290 g/mol. The number of benzene rings is 1. The number of rotatable bonds is 8. The van der Waals surface area contributed by atoms with E-state index in [1.165, 1.54) is 24.9 Å². The van der Waals surface area contributed by atoms with Crippen molar-refractivity contribution in [3.63, 3.8) is 0 Å². The molecular formula is C18H30N2O. The summed E-state index contributed by atoms with van der Waals surface area (Å²) in [5.74, 6) is 0. The van der Waals surface area contributed by atoms with Crippen LogP contribution in [0.2, 0.25) is 0 Å². The lowest BCUT2D eigenvalue weighted by atomic mass is 10.0. The molecule has 1 fully saturated rings. The smallest absolute Gasteiger partial charge is 0.0702 e. The van der Waals surface area contributed by atoms with E-state index in [-0.39, 0.29) is 0 Å². The number of nitrogens with one attached hydrogen (secondary N) is 1.